The lowest BCUT2D eigenvalue weighted by atomic mass is 10.1. The van der Waals surface area contributed by atoms with Crippen LogP contribution in [0.15, 0.2) is 48.9 Å². The molecule has 1 saturated carbocycles. The van der Waals surface area contributed by atoms with E-state index in [1.807, 2.05) is 31.4 Å². The molecule has 3 aromatic rings. The van der Waals surface area contributed by atoms with Crippen molar-refractivity contribution in [2.45, 2.75) is 38.4 Å². The monoisotopic (exact) mass is 451 g/mol. The summed E-state index contributed by atoms with van der Waals surface area (Å²) in [5.74, 6) is -0.747. The van der Waals surface area contributed by atoms with E-state index in [0.29, 0.717) is 18.3 Å². The molecule has 0 bridgehead atoms. The lowest BCUT2D eigenvalue weighted by Gasteiger charge is -2.11. The van der Waals surface area contributed by atoms with Crippen LogP contribution in [0.1, 0.15) is 52.0 Å². The maximum Gasteiger partial charge on any atom is 0.337 e. The van der Waals surface area contributed by atoms with Gasteiger partial charge in [-0.2, -0.15) is 5.10 Å². The van der Waals surface area contributed by atoms with Crippen molar-refractivity contribution in [3.63, 3.8) is 0 Å². The topological polar surface area (TPSA) is 135 Å². The van der Waals surface area contributed by atoms with Crippen molar-refractivity contribution >= 4 is 17.7 Å². The number of ether oxygens (including phenoxy) is 2. The van der Waals surface area contributed by atoms with Gasteiger partial charge in [-0.05, 0) is 36.6 Å². The Kier molecular flexibility index (Phi) is 8.15. The number of anilines is 1. The molecule has 9 heteroatoms. The second-order valence-corrected chi connectivity index (χ2v) is 7.83. The van der Waals surface area contributed by atoms with Gasteiger partial charge in [0.1, 0.15) is 5.82 Å². The number of benzene rings is 1. The minimum Gasteiger partial charge on any atom is -0.465 e. The van der Waals surface area contributed by atoms with E-state index in [1.54, 1.807) is 29.2 Å². The summed E-state index contributed by atoms with van der Waals surface area (Å²) in [6.07, 6.45) is 10.3. The highest BCUT2D eigenvalue weighted by atomic mass is 16.5. The number of nitrogens with zero attached hydrogens (tertiary/aromatic N) is 3. The zero-order chi connectivity index (χ0) is 23.8. The van der Waals surface area contributed by atoms with Crippen molar-refractivity contribution in [1.29, 1.82) is 0 Å². The van der Waals surface area contributed by atoms with Crippen LogP contribution in [-0.4, -0.2) is 39.9 Å². The van der Waals surface area contributed by atoms with E-state index in [2.05, 4.69) is 14.8 Å². The second-order valence-electron chi connectivity index (χ2n) is 7.83. The van der Waals surface area contributed by atoms with Crippen LogP contribution < -0.4 is 11.5 Å². The Hall–Kier alpha value is -3.72. The van der Waals surface area contributed by atoms with Crippen LogP contribution in [-0.2, 0) is 23.1 Å². The first kappa shape index (κ1) is 23.9. The van der Waals surface area contributed by atoms with Gasteiger partial charge in [0, 0.05) is 30.6 Å². The molecule has 0 aliphatic heterocycles. The van der Waals surface area contributed by atoms with Gasteiger partial charge in [0.15, 0.2) is 0 Å². The normalized spacial score (nSPS) is 13.3. The average molecular weight is 452 g/mol. The molecule has 1 fully saturated rings. The molecule has 2 aromatic heterocycles. The predicted molar refractivity (Wildman–Crippen MR) is 124 cm³/mol. The van der Waals surface area contributed by atoms with Gasteiger partial charge in [-0.25, -0.2) is 9.78 Å². The van der Waals surface area contributed by atoms with Crippen molar-refractivity contribution in [3.8, 4) is 11.1 Å². The number of nitrogens with two attached hydrogens (primary N) is 2. The Bertz CT molecular complexity index is 1110. The molecule has 0 saturated heterocycles. The largest absolute Gasteiger partial charge is 0.465 e. The minimum atomic E-state index is -0.587. The molecule has 174 valence electrons. The average Bonchev–Trinajstić information content (AvgIpc) is 3.50. The Morgan fingerprint density at radius 2 is 1.91 bits per heavy atom. The van der Waals surface area contributed by atoms with Crippen LogP contribution in [0.3, 0.4) is 0 Å². The number of carbonyl (C=O) groups is 2. The fourth-order valence-corrected chi connectivity index (χ4v) is 3.58. The Labute approximate surface area is 192 Å². The second kappa shape index (κ2) is 11.2. The number of hydrogen-bond donors (Lipinski definition) is 2. The first-order chi connectivity index (χ1) is 15.9. The fourth-order valence-electron chi connectivity index (χ4n) is 3.58. The number of rotatable bonds is 6. The molecular weight excluding hydrogens is 422 g/mol. The third-order valence-electron chi connectivity index (χ3n) is 5.36. The molecule has 1 aliphatic carbocycles. The molecule has 0 spiro atoms. The van der Waals surface area contributed by atoms with Gasteiger partial charge in [0.25, 0.3) is 5.91 Å². The third-order valence-corrected chi connectivity index (χ3v) is 5.36. The molecule has 0 atom stereocenters. The lowest BCUT2D eigenvalue weighted by molar-refractivity contribution is 0.0455. The van der Waals surface area contributed by atoms with E-state index in [4.69, 9.17) is 16.2 Å². The van der Waals surface area contributed by atoms with Gasteiger partial charge in [0.2, 0.25) is 0 Å². The summed E-state index contributed by atoms with van der Waals surface area (Å²) in [7, 11) is 3.20. The van der Waals surface area contributed by atoms with Crippen molar-refractivity contribution in [3.05, 3.63) is 65.6 Å². The highest BCUT2D eigenvalue weighted by Gasteiger charge is 2.15. The summed E-state index contributed by atoms with van der Waals surface area (Å²) in [5.41, 5.74) is 14.2. The minimum absolute atomic E-state index is 0.139. The van der Waals surface area contributed by atoms with Crippen LogP contribution in [0.4, 0.5) is 5.82 Å². The number of nitrogen functional groups attached to an aromatic ring is 1. The molecule has 9 nitrogen and oxygen atoms in total. The van der Waals surface area contributed by atoms with E-state index >= 15 is 0 Å². The van der Waals surface area contributed by atoms with Crippen molar-refractivity contribution in [1.82, 2.24) is 14.8 Å². The van der Waals surface area contributed by atoms with Gasteiger partial charge >= 0.3 is 5.97 Å². The molecule has 0 radical (unpaired) electrons. The molecular formula is C24H29N5O4. The number of carbonyl (C=O) groups excluding carboxylic acids is 2. The van der Waals surface area contributed by atoms with E-state index in [0.717, 1.165) is 29.5 Å². The maximum absolute atomic E-state index is 11.4. The molecule has 0 unspecified atom stereocenters. The maximum atomic E-state index is 11.4. The number of esters is 1. The Morgan fingerprint density at radius 3 is 2.55 bits per heavy atom. The van der Waals surface area contributed by atoms with Gasteiger partial charge in [-0.1, -0.05) is 25.0 Å². The van der Waals surface area contributed by atoms with Crippen molar-refractivity contribution < 1.29 is 19.1 Å². The van der Waals surface area contributed by atoms with Crippen molar-refractivity contribution in [2.75, 3.05) is 12.8 Å². The molecule has 4 rings (SSSR count). The number of primary amides is 1. The van der Waals surface area contributed by atoms with E-state index in [9.17, 15) is 9.59 Å². The van der Waals surface area contributed by atoms with E-state index < -0.39 is 5.91 Å². The standard InChI is InChI=1S/C14H18O3.C10H11N5O/c1-16-14(15)12-6-4-5-11(9-12)10-17-13-7-2-3-8-13;1-15-5-7(4-14-15)6-2-8(10(12)16)9(11)13-3-6/h4-6,9,13H,2-3,7-8,10H2,1H3;2-5H,1H3,(H2,11,13)(H2,12,16). The van der Waals surface area contributed by atoms with Gasteiger partial charge in [0.05, 0.1) is 37.1 Å². The summed E-state index contributed by atoms with van der Waals surface area (Å²) < 4.78 is 12.2. The highest BCUT2D eigenvalue weighted by molar-refractivity contribution is 5.98. The van der Waals surface area contributed by atoms with Crippen LogP contribution in [0.2, 0.25) is 0 Å². The lowest BCUT2D eigenvalue weighted by Crippen LogP contribution is -2.14. The van der Waals surface area contributed by atoms with E-state index in [1.165, 1.54) is 20.0 Å². The summed E-state index contributed by atoms with van der Waals surface area (Å²) in [6.45, 7) is 0.579. The summed E-state index contributed by atoms with van der Waals surface area (Å²) in [6, 6.07) is 9.04. The number of methoxy groups -OCH3 is 1. The van der Waals surface area contributed by atoms with Gasteiger partial charge in [-0.15, -0.1) is 0 Å². The zero-order valence-electron chi connectivity index (χ0n) is 18.9. The predicted octanol–water partition coefficient (Wildman–Crippen LogP) is 3.10. The van der Waals surface area contributed by atoms with Crippen LogP contribution in [0.5, 0.6) is 0 Å². The molecule has 2 heterocycles. The summed E-state index contributed by atoms with van der Waals surface area (Å²) >= 11 is 0. The summed E-state index contributed by atoms with van der Waals surface area (Å²) in [4.78, 5) is 26.4. The summed E-state index contributed by atoms with van der Waals surface area (Å²) in [5, 5.41) is 4.03. The third kappa shape index (κ3) is 6.63. The van der Waals surface area contributed by atoms with Gasteiger partial charge < -0.3 is 20.9 Å². The number of aromatic nitrogens is 3. The highest BCUT2D eigenvalue weighted by Crippen LogP contribution is 2.22. The number of pyridine rings is 1. The zero-order valence-corrected chi connectivity index (χ0v) is 18.9. The van der Waals surface area contributed by atoms with Crippen LogP contribution in [0, 0.1) is 0 Å². The molecule has 1 aromatic carbocycles. The van der Waals surface area contributed by atoms with Gasteiger partial charge in [-0.3, -0.25) is 9.48 Å². The molecule has 33 heavy (non-hydrogen) atoms. The Balaban J connectivity index is 0.000000186. The van der Waals surface area contributed by atoms with Crippen molar-refractivity contribution in [2.24, 2.45) is 12.8 Å². The first-order valence-corrected chi connectivity index (χ1v) is 10.7. The molecule has 1 amide bonds. The number of amides is 1. The van der Waals surface area contributed by atoms with Crippen LogP contribution >= 0.6 is 0 Å². The molecule has 4 N–H and O–H groups in total. The quantitative estimate of drug-likeness (QED) is 0.550. The fraction of sp³-hybridized carbons (Fsp3) is 0.333. The Morgan fingerprint density at radius 1 is 1.15 bits per heavy atom. The number of aryl methyl sites for hydroxylation is 1. The first-order valence-electron chi connectivity index (χ1n) is 10.7. The van der Waals surface area contributed by atoms with E-state index in [-0.39, 0.29) is 17.4 Å². The SMILES string of the molecule is COC(=O)c1cccc(COC2CCCC2)c1.Cn1cc(-c2cnc(N)c(C(N)=O)c2)cn1. The number of hydrogen-bond acceptors (Lipinski definition) is 7. The smallest absolute Gasteiger partial charge is 0.337 e. The van der Waals surface area contributed by atoms with Crippen LogP contribution in [0.25, 0.3) is 11.1 Å². The molecule has 1 aliphatic rings.